The molecular formula is C37H75ClO5. The number of carbonyl (C=O) groups is 1. The van der Waals surface area contributed by atoms with Crippen molar-refractivity contribution in [2.24, 2.45) is 23.7 Å². The third kappa shape index (κ3) is 39.6. The predicted octanol–water partition coefficient (Wildman–Crippen LogP) is 11.3. The van der Waals surface area contributed by atoms with Crippen LogP contribution in [-0.2, 0) is 9.53 Å². The van der Waals surface area contributed by atoms with Gasteiger partial charge in [-0.15, -0.1) is 0 Å². The standard InChI is InChI=1S/C20H42O3.C17H33ClO2/c1-16(2)9-6-10-17(3)11-7-12-18(4)13-8-14-19(5)15-20(21,22)23;1-2-3-4-5-6-7-8-9-10-11-12-13-14-15-17(19)20-16-18/h16-19,21-23H,6-15H2,1-5H3;2-16H2,1H3. The van der Waals surface area contributed by atoms with Crippen LogP contribution < -0.4 is 0 Å². The van der Waals surface area contributed by atoms with Crippen molar-refractivity contribution in [3.8, 4) is 0 Å². The van der Waals surface area contributed by atoms with E-state index in [4.69, 9.17) is 26.9 Å². The molecule has 0 spiro atoms. The molecule has 0 saturated carbocycles. The first-order valence-corrected chi connectivity index (χ1v) is 18.8. The van der Waals surface area contributed by atoms with Crippen LogP contribution in [0.25, 0.3) is 0 Å². The summed E-state index contributed by atoms with van der Waals surface area (Å²) in [6.45, 7) is 13.5. The molecule has 0 aromatic rings. The van der Waals surface area contributed by atoms with Crippen LogP contribution in [0.1, 0.15) is 196 Å². The zero-order valence-corrected chi connectivity index (χ0v) is 30.3. The van der Waals surface area contributed by atoms with Crippen LogP contribution >= 0.6 is 11.6 Å². The highest BCUT2D eigenvalue weighted by Gasteiger charge is 2.21. The molecule has 6 heteroatoms. The van der Waals surface area contributed by atoms with Gasteiger partial charge in [-0.05, 0) is 30.1 Å². The molecule has 260 valence electrons. The molecule has 43 heavy (non-hydrogen) atoms. The maximum absolute atomic E-state index is 11.0. The smallest absolute Gasteiger partial charge is 0.306 e. The minimum absolute atomic E-state index is 0.0166. The van der Waals surface area contributed by atoms with Gasteiger partial charge in [-0.2, -0.15) is 0 Å². The van der Waals surface area contributed by atoms with Gasteiger partial charge in [0.2, 0.25) is 0 Å². The number of aliphatic hydroxyl groups is 3. The lowest BCUT2D eigenvalue weighted by molar-refractivity contribution is -0.319. The van der Waals surface area contributed by atoms with E-state index < -0.39 is 5.97 Å². The SMILES string of the molecule is CC(C)CCCC(C)CCCC(C)CCCC(C)CC(O)(O)O.CCCCCCCCCCCCCCCC(=O)OCCl. The van der Waals surface area contributed by atoms with Crippen molar-refractivity contribution in [2.75, 3.05) is 6.07 Å². The summed E-state index contributed by atoms with van der Waals surface area (Å²) in [4.78, 5) is 11.0. The Labute approximate surface area is 273 Å². The molecule has 0 aromatic heterocycles. The van der Waals surface area contributed by atoms with Gasteiger partial charge < -0.3 is 20.1 Å². The van der Waals surface area contributed by atoms with Crippen molar-refractivity contribution in [2.45, 2.75) is 202 Å². The van der Waals surface area contributed by atoms with E-state index in [1.54, 1.807) is 0 Å². The first-order valence-electron chi connectivity index (χ1n) is 18.3. The van der Waals surface area contributed by atoms with Crippen LogP contribution in [-0.4, -0.2) is 33.3 Å². The molecule has 3 unspecified atom stereocenters. The highest BCUT2D eigenvalue weighted by Crippen LogP contribution is 2.23. The van der Waals surface area contributed by atoms with Gasteiger partial charge in [0, 0.05) is 12.8 Å². The molecule has 0 aliphatic rings. The fourth-order valence-corrected chi connectivity index (χ4v) is 5.90. The minimum atomic E-state index is -2.50. The second-order valence-electron chi connectivity index (χ2n) is 14.1. The Morgan fingerprint density at radius 3 is 1.33 bits per heavy atom. The number of alkyl halides is 1. The van der Waals surface area contributed by atoms with E-state index >= 15 is 0 Å². The average Bonchev–Trinajstić information content (AvgIpc) is 2.90. The summed E-state index contributed by atoms with van der Waals surface area (Å²) in [6, 6.07) is -0.0166. The quantitative estimate of drug-likeness (QED) is 0.0330. The molecule has 3 N–H and O–H groups in total. The average molecular weight is 635 g/mol. The Hall–Kier alpha value is -0.360. The molecule has 0 aliphatic heterocycles. The van der Waals surface area contributed by atoms with E-state index in [1.165, 1.54) is 116 Å². The van der Waals surface area contributed by atoms with Crippen LogP contribution in [0.4, 0.5) is 0 Å². The van der Waals surface area contributed by atoms with Crippen molar-refractivity contribution in [3.05, 3.63) is 0 Å². The van der Waals surface area contributed by atoms with Crippen molar-refractivity contribution in [1.29, 1.82) is 0 Å². The number of ether oxygens (including phenoxy) is 1. The van der Waals surface area contributed by atoms with Gasteiger partial charge in [0.25, 0.3) is 5.97 Å². The summed E-state index contributed by atoms with van der Waals surface area (Å²) in [5, 5.41) is 26.9. The molecule has 3 atom stereocenters. The van der Waals surface area contributed by atoms with Gasteiger partial charge in [-0.1, -0.05) is 188 Å². The highest BCUT2D eigenvalue weighted by molar-refractivity contribution is 6.17. The largest absolute Gasteiger partial charge is 0.449 e. The fourth-order valence-electron chi connectivity index (χ4n) is 5.78. The van der Waals surface area contributed by atoms with E-state index in [2.05, 4.69) is 39.4 Å². The van der Waals surface area contributed by atoms with E-state index in [-0.39, 0.29) is 24.4 Å². The van der Waals surface area contributed by atoms with Gasteiger partial charge in [-0.3, -0.25) is 4.79 Å². The number of hydrogen-bond donors (Lipinski definition) is 3. The molecular weight excluding hydrogens is 560 g/mol. The monoisotopic (exact) mass is 635 g/mol. The normalized spacial score (nSPS) is 13.8. The molecule has 0 heterocycles. The zero-order chi connectivity index (χ0) is 32.8. The summed E-state index contributed by atoms with van der Waals surface area (Å²) in [5.74, 6) is -0.0972. The van der Waals surface area contributed by atoms with Crippen LogP contribution in [0.2, 0.25) is 0 Å². The highest BCUT2D eigenvalue weighted by atomic mass is 35.5. The number of esters is 1. The number of unbranched alkanes of at least 4 members (excludes halogenated alkanes) is 12. The number of rotatable bonds is 29. The van der Waals surface area contributed by atoms with Crippen LogP contribution in [0.15, 0.2) is 0 Å². The Bertz CT molecular complexity index is 578. The van der Waals surface area contributed by atoms with Crippen molar-refractivity contribution >= 4 is 17.6 Å². The lowest BCUT2D eigenvalue weighted by atomic mass is 9.90. The minimum Gasteiger partial charge on any atom is -0.449 e. The predicted molar refractivity (Wildman–Crippen MR) is 185 cm³/mol. The van der Waals surface area contributed by atoms with Crippen LogP contribution in [0, 0.1) is 23.7 Å². The van der Waals surface area contributed by atoms with E-state index in [0.717, 1.165) is 43.4 Å². The topological polar surface area (TPSA) is 87.0 Å². The fraction of sp³-hybridized carbons (Fsp3) is 0.973. The number of carbonyl (C=O) groups excluding carboxylic acids is 1. The second-order valence-corrected chi connectivity index (χ2v) is 14.3. The van der Waals surface area contributed by atoms with Crippen LogP contribution in [0.3, 0.4) is 0 Å². The lowest BCUT2D eigenvalue weighted by Gasteiger charge is -2.20. The summed E-state index contributed by atoms with van der Waals surface area (Å²) >= 11 is 5.31. The Morgan fingerprint density at radius 1 is 0.581 bits per heavy atom. The summed E-state index contributed by atoms with van der Waals surface area (Å²) in [6.07, 6.45) is 29.0. The summed E-state index contributed by atoms with van der Waals surface area (Å²) < 4.78 is 4.68. The zero-order valence-electron chi connectivity index (χ0n) is 29.5. The third-order valence-electron chi connectivity index (χ3n) is 8.59. The maximum atomic E-state index is 11.0. The molecule has 0 aromatic carbocycles. The molecule has 0 aliphatic carbocycles. The molecule has 0 saturated heterocycles. The Balaban J connectivity index is 0. The number of hydrogen-bond acceptors (Lipinski definition) is 5. The molecule has 5 nitrogen and oxygen atoms in total. The van der Waals surface area contributed by atoms with Gasteiger partial charge in [0.1, 0.15) is 0 Å². The molecule has 0 amide bonds. The van der Waals surface area contributed by atoms with Crippen molar-refractivity contribution in [1.82, 2.24) is 0 Å². The van der Waals surface area contributed by atoms with E-state index in [9.17, 15) is 4.79 Å². The van der Waals surface area contributed by atoms with Gasteiger partial charge in [0.15, 0.2) is 6.07 Å². The summed E-state index contributed by atoms with van der Waals surface area (Å²) in [5.41, 5.74) is 0. The maximum Gasteiger partial charge on any atom is 0.306 e. The van der Waals surface area contributed by atoms with Crippen LogP contribution in [0.5, 0.6) is 0 Å². The lowest BCUT2D eigenvalue weighted by Crippen LogP contribution is -2.29. The van der Waals surface area contributed by atoms with E-state index in [1.807, 2.05) is 6.92 Å². The molecule has 0 fully saturated rings. The van der Waals surface area contributed by atoms with Crippen molar-refractivity contribution in [3.63, 3.8) is 0 Å². The molecule has 0 bridgehead atoms. The summed E-state index contributed by atoms with van der Waals surface area (Å²) in [7, 11) is 0. The Morgan fingerprint density at radius 2 is 0.953 bits per heavy atom. The first-order chi connectivity index (χ1) is 20.4. The Kier molecular flexibility index (Phi) is 32.9. The molecule has 0 radical (unpaired) electrons. The van der Waals surface area contributed by atoms with E-state index in [0.29, 0.717) is 6.42 Å². The molecule has 0 rings (SSSR count). The van der Waals surface area contributed by atoms with Crippen molar-refractivity contribution < 1.29 is 24.9 Å². The van der Waals surface area contributed by atoms with Gasteiger partial charge >= 0.3 is 5.97 Å². The first kappa shape index (κ1) is 44.8. The van der Waals surface area contributed by atoms with Gasteiger partial charge in [-0.25, -0.2) is 0 Å². The third-order valence-corrected chi connectivity index (χ3v) is 8.70. The number of halogens is 1. The van der Waals surface area contributed by atoms with Gasteiger partial charge in [0.05, 0.1) is 0 Å². The second kappa shape index (κ2) is 31.6.